The van der Waals surface area contributed by atoms with Crippen LogP contribution in [0.3, 0.4) is 0 Å². The van der Waals surface area contributed by atoms with E-state index >= 15 is 0 Å². The zero-order valence-electron chi connectivity index (χ0n) is 12.2. The molecule has 0 fully saturated rings. The van der Waals surface area contributed by atoms with Gasteiger partial charge in [-0.3, -0.25) is 4.79 Å². The predicted molar refractivity (Wildman–Crippen MR) is 95.8 cm³/mol. The monoisotopic (exact) mass is 386 g/mol. The lowest BCUT2D eigenvalue weighted by molar-refractivity contribution is 0.0959. The van der Waals surface area contributed by atoms with Crippen LogP contribution in [0.1, 0.15) is 16.1 Å². The van der Waals surface area contributed by atoms with E-state index in [4.69, 9.17) is 46.3 Å². The van der Waals surface area contributed by atoms with E-state index in [-0.39, 0.29) is 28.3 Å². The second kappa shape index (κ2) is 7.57. The summed E-state index contributed by atoms with van der Waals surface area (Å²) in [6, 6.07) is 5.09. The summed E-state index contributed by atoms with van der Waals surface area (Å²) in [5.74, 6) is -0.593. The van der Waals surface area contributed by atoms with E-state index in [0.717, 1.165) is 5.56 Å². The van der Waals surface area contributed by atoms with Crippen molar-refractivity contribution in [2.75, 3.05) is 11.5 Å². The molecule has 0 aliphatic heterocycles. The van der Waals surface area contributed by atoms with Gasteiger partial charge in [-0.2, -0.15) is 0 Å². The molecule has 0 radical (unpaired) electrons. The number of nitrogen functional groups attached to an aromatic ring is 2. The zero-order valence-corrected chi connectivity index (χ0v) is 14.5. The zero-order chi connectivity index (χ0) is 17.9. The number of nitrogens with two attached hydrogens (primary N) is 2. The summed E-state index contributed by atoms with van der Waals surface area (Å²) >= 11 is 17.6. The molecule has 0 atom stereocenters. The number of amides is 1. The summed E-state index contributed by atoms with van der Waals surface area (Å²) in [5.41, 5.74) is 11.7. The predicted octanol–water partition coefficient (Wildman–Crippen LogP) is 2.59. The molecule has 2 aromatic rings. The highest BCUT2D eigenvalue weighted by atomic mass is 35.5. The van der Waals surface area contributed by atoms with Gasteiger partial charge in [0, 0.05) is 16.6 Å². The topological polar surface area (TPSA) is 119 Å². The van der Waals surface area contributed by atoms with Gasteiger partial charge in [0.25, 0.3) is 5.91 Å². The normalized spacial score (nSPS) is 10.3. The minimum atomic E-state index is -0.624. The third kappa shape index (κ3) is 4.41. The number of nitrogens with zero attached hydrogens (tertiary/aromatic N) is 2. The maximum Gasteiger partial charge on any atom is 0.279 e. The Labute approximate surface area is 153 Å². The molecule has 0 bridgehead atoms. The fraction of sp³-hybridized carbons (Fsp3) is 0.0714. The fourth-order valence-corrected chi connectivity index (χ4v) is 2.32. The van der Waals surface area contributed by atoms with Gasteiger partial charge in [0.05, 0.1) is 5.82 Å². The van der Waals surface area contributed by atoms with Crippen molar-refractivity contribution in [1.29, 1.82) is 0 Å². The van der Waals surface area contributed by atoms with Gasteiger partial charge in [-0.05, 0) is 17.7 Å². The van der Waals surface area contributed by atoms with Crippen LogP contribution in [0.5, 0.6) is 0 Å². The molecular weight excluding hydrogens is 375 g/mol. The first kappa shape index (κ1) is 18.1. The Balaban J connectivity index is 1.99. The van der Waals surface area contributed by atoms with Crippen LogP contribution in [0, 0.1) is 0 Å². The molecule has 0 aliphatic carbocycles. The van der Waals surface area contributed by atoms with Crippen LogP contribution in [0.25, 0.3) is 0 Å². The van der Waals surface area contributed by atoms with Gasteiger partial charge in [-0.25, -0.2) is 9.97 Å². The van der Waals surface area contributed by atoms with Crippen LogP contribution in [0.2, 0.25) is 15.2 Å². The van der Waals surface area contributed by atoms with Crippen molar-refractivity contribution < 1.29 is 4.79 Å². The maximum atomic E-state index is 12.1. The lowest BCUT2D eigenvalue weighted by Gasteiger charge is -2.13. The van der Waals surface area contributed by atoms with Crippen molar-refractivity contribution in [2.24, 2.45) is 0 Å². The minimum absolute atomic E-state index is 0.0555. The smallest absolute Gasteiger partial charge is 0.279 e. The number of hydrogen-bond donors (Lipinski definition) is 4. The molecule has 0 aliphatic rings. The van der Waals surface area contributed by atoms with E-state index < -0.39 is 5.91 Å². The van der Waals surface area contributed by atoms with E-state index in [1.807, 2.05) is 0 Å². The van der Waals surface area contributed by atoms with Crippen molar-refractivity contribution in [3.8, 4) is 0 Å². The lowest BCUT2D eigenvalue weighted by Crippen LogP contribution is -2.32. The molecule has 0 saturated heterocycles. The van der Waals surface area contributed by atoms with Gasteiger partial charge in [0.1, 0.15) is 0 Å². The highest BCUT2D eigenvalue weighted by Gasteiger charge is 2.16. The number of nitrogens with one attached hydrogen (secondary N) is 2. The molecule has 0 unspecified atom stereocenters. The van der Waals surface area contributed by atoms with Crippen molar-refractivity contribution in [3.05, 3.63) is 57.1 Å². The first-order valence-electron chi connectivity index (χ1n) is 6.54. The van der Waals surface area contributed by atoms with E-state index in [1.54, 1.807) is 18.2 Å². The molecular formula is C14H13Cl3N6O. The van der Waals surface area contributed by atoms with Crippen LogP contribution < -0.4 is 22.1 Å². The molecule has 1 aromatic heterocycles. The summed E-state index contributed by atoms with van der Waals surface area (Å²) in [6.07, 6.45) is 0. The first-order chi connectivity index (χ1) is 11.3. The molecule has 6 N–H and O–H groups in total. The summed E-state index contributed by atoms with van der Waals surface area (Å²) in [6.45, 7) is 4.03. The van der Waals surface area contributed by atoms with Gasteiger partial charge >= 0.3 is 0 Å². The van der Waals surface area contributed by atoms with Crippen molar-refractivity contribution in [1.82, 2.24) is 20.6 Å². The standard InChI is InChI=1S/C14H13Cl3N6O/c1-6(20-5-7-2-3-8(15)4-9(7)16)21-14(24)10-12(18)23-13(19)11(17)22-10/h2-4,20H,1,5H2,(H,21,24)(H4,18,19,23). The Morgan fingerprint density at radius 3 is 2.54 bits per heavy atom. The van der Waals surface area contributed by atoms with Crippen LogP contribution >= 0.6 is 34.8 Å². The minimum Gasteiger partial charge on any atom is -0.382 e. The second-order valence-electron chi connectivity index (χ2n) is 4.66. The summed E-state index contributed by atoms with van der Waals surface area (Å²) in [4.78, 5) is 19.7. The lowest BCUT2D eigenvalue weighted by atomic mass is 10.2. The van der Waals surface area contributed by atoms with Crippen LogP contribution in [0.15, 0.2) is 30.6 Å². The Kier molecular flexibility index (Phi) is 5.71. The van der Waals surface area contributed by atoms with Gasteiger partial charge < -0.3 is 22.1 Å². The number of carbonyl (C=O) groups excluding carboxylic acids is 1. The number of benzene rings is 1. The van der Waals surface area contributed by atoms with Gasteiger partial charge in [-0.1, -0.05) is 47.4 Å². The number of aromatic nitrogens is 2. The third-order valence-electron chi connectivity index (χ3n) is 2.89. The molecule has 126 valence electrons. The summed E-state index contributed by atoms with van der Waals surface area (Å²) < 4.78 is 0. The van der Waals surface area contributed by atoms with Gasteiger partial charge in [0.15, 0.2) is 22.5 Å². The average molecular weight is 388 g/mol. The van der Waals surface area contributed by atoms with Crippen molar-refractivity contribution in [3.63, 3.8) is 0 Å². The fourth-order valence-electron chi connectivity index (χ4n) is 1.72. The first-order valence-corrected chi connectivity index (χ1v) is 7.68. The second-order valence-corrected chi connectivity index (χ2v) is 5.86. The van der Waals surface area contributed by atoms with Crippen LogP contribution in [-0.2, 0) is 6.54 Å². The Bertz CT molecular complexity index is 811. The molecule has 0 saturated carbocycles. The Morgan fingerprint density at radius 2 is 1.88 bits per heavy atom. The van der Waals surface area contributed by atoms with Gasteiger partial charge in [-0.15, -0.1) is 0 Å². The number of hydrogen-bond acceptors (Lipinski definition) is 6. The van der Waals surface area contributed by atoms with Crippen molar-refractivity contribution in [2.45, 2.75) is 6.54 Å². The quantitative estimate of drug-likeness (QED) is 0.626. The van der Waals surface area contributed by atoms with Crippen LogP contribution in [0.4, 0.5) is 11.6 Å². The maximum absolute atomic E-state index is 12.1. The van der Waals surface area contributed by atoms with Gasteiger partial charge in [0.2, 0.25) is 0 Å². The number of carbonyl (C=O) groups is 1. The molecule has 10 heteroatoms. The molecule has 0 spiro atoms. The molecule has 1 amide bonds. The van der Waals surface area contributed by atoms with E-state index in [2.05, 4.69) is 27.2 Å². The van der Waals surface area contributed by atoms with Crippen molar-refractivity contribution >= 4 is 52.3 Å². The molecule has 2 rings (SSSR count). The van der Waals surface area contributed by atoms with E-state index in [9.17, 15) is 4.79 Å². The van der Waals surface area contributed by atoms with Crippen LogP contribution in [-0.4, -0.2) is 15.9 Å². The molecule has 7 nitrogen and oxygen atoms in total. The number of anilines is 2. The largest absolute Gasteiger partial charge is 0.382 e. The highest BCUT2D eigenvalue weighted by molar-refractivity contribution is 6.35. The van der Waals surface area contributed by atoms with E-state index in [1.165, 1.54) is 0 Å². The Morgan fingerprint density at radius 1 is 1.17 bits per heavy atom. The highest BCUT2D eigenvalue weighted by Crippen LogP contribution is 2.21. The summed E-state index contributed by atoms with van der Waals surface area (Å²) in [7, 11) is 0. The molecule has 24 heavy (non-hydrogen) atoms. The summed E-state index contributed by atoms with van der Waals surface area (Å²) in [5, 5.41) is 6.31. The Hall–Kier alpha value is -2.22. The third-order valence-corrected chi connectivity index (χ3v) is 3.76. The molecule has 1 aromatic carbocycles. The average Bonchev–Trinajstić information content (AvgIpc) is 2.50. The molecule has 1 heterocycles. The SMILES string of the molecule is C=C(NCc1ccc(Cl)cc1Cl)NC(=O)c1nc(Cl)c(N)nc1N. The number of halogens is 3. The van der Waals surface area contributed by atoms with E-state index in [0.29, 0.717) is 16.6 Å². The number of rotatable bonds is 5.